The van der Waals surface area contributed by atoms with Gasteiger partial charge in [0.1, 0.15) is 14.8 Å². The molecule has 0 spiro atoms. The highest BCUT2D eigenvalue weighted by molar-refractivity contribution is 7.91. The van der Waals surface area contributed by atoms with Crippen LogP contribution in [0.4, 0.5) is 0 Å². The predicted octanol–water partition coefficient (Wildman–Crippen LogP) is 2.18. The van der Waals surface area contributed by atoms with Gasteiger partial charge in [0.15, 0.2) is 0 Å². The fourth-order valence-electron chi connectivity index (χ4n) is 1.53. The van der Waals surface area contributed by atoms with E-state index in [4.69, 9.17) is 0 Å². The average molecular weight is 290 g/mol. The zero-order chi connectivity index (χ0) is 13.6. The van der Waals surface area contributed by atoms with Crippen molar-refractivity contribution in [3.63, 3.8) is 0 Å². The fourth-order valence-corrected chi connectivity index (χ4v) is 3.29. The molecule has 0 aromatic carbocycles. The second-order valence-electron chi connectivity index (χ2n) is 4.28. The van der Waals surface area contributed by atoms with Crippen molar-refractivity contribution < 1.29 is 8.42 Å². The summed E-state index contributed by atoms with van der Waals surface area (Å²) in [6.45, 7) is 6.58. The smallest absolute Gasteiger partial charge is 0.150 e. The van der Waals surface area contributed by atoms with Gasteiger partial charge in [-0.3, -0.25) is 0 Å². The van der Waals surface area contributed by atoms with Crippen molar-refractivity contribution in [2.75, 3.05) is 18.1 Å². The summed E-state index contributed by atoms with van der Waals surface area (Å²) in [7, 11) is -2.83. The molecular formula is C12H22N2O2S2. The van der Waals surface area contributed by atoms with E-state index in [0.29, 0.717) is 13.0 Å². The minimum Gasteiger partial charge on any atom is -0.308 e. The van der Waals surface area contributed by atoms with Crippen LogP contribution in [0, 0.1) is 0 Å². The SMILES string of the molecule is CCc1cnc(C(C)NCCCS(=O)(=O)CC)s1. The average Bonchev–Trinajstić information content (AvgIpc) is 2.83. The maximum Gasteiger partial charge on any atom is 0.150 e. The molecule has 0 aliphatic heterocycles. The quantitative estimate of drug-likeness (QED) is 0.746. The van der Waals surface area contributed by atoms with Crippen LogP contribution in [0.5, 0.6) is 0 Å². The van der Waals surface area contributed by atoms with Gasteiger partial charge in [0.05, 0.1) is 11.8 Å². The van der Waals surface area contributed by atoms with Gasteiger partial charge >= 0.3 is 0 Å². The Morgan fingerprint density at radius 2 is 2.17 bits per heavy atom. The lowest BCUT2D eigenvalue weighted by molar-refractivity contribution is 0.559. The number of hydrogen-bond acceptors (Lipinski definition) is 5. The van der Waals surface area contributed by atoms with Gasteiger partial charge in [0.25, 0.3) is 0 Å². The minimum atomic E-state index is -2.83. The first-order valence-corrected chi connectivity index (χ1v) is 9.00. The van der Waals surface area contributed by atoms with E-state index in [1.165, 1.54) is 4.88 Å². The molecule has 4 nitrogen and oxygen atoms in total. The molecule has 0 aliphatic rings. The molecule has 0 radical (unpaired) electrons. The second kappa shape index (κ2) is 7.21. The van der Waals surface area contributed by atoms with Gasteiger partial charge < -0.3 is 5.32 Å². The van der Waals surface area contributed by atoms with E-state index in [2.05, 4.69) is 24.1 Å². The standard InChI is InChI=1S/C12H22N2O2S2/c1-4-11-9-14-12(17-11)10(3)13-7-6-8-18(15,16)5-2/h9-10,13H,4-8H2,1-3H3. The summed E-state index contributed by atoms with van der Waals surface area (Å²) in [6, 6.07) is 0.194. The third-order valence-corrected chi connectivity index (χ3v) is 5.93. The predicted molar refractivity (Wildman–Crippen MR) is 76.9 cm³/mol. The van der Waals surface area contributed by atoms with Crippen molar-refractivity contribution in [1.82, 2.24) is 10.3 Å². The Bertz CT molecular complexity index is 454. The van der Waals surface area contributed by atoms with E-state index < -0.39 is 9.84 Å². The van der Waals surface area contributed by atoms with Gasteiger partial charge in [0.2, 0.25) is 0 Å². The maximum absolute atomic E-state index is 11.3. The Kier molecular flexibility index (Phi) is 6.25. The molecule has 1 atom stereocenters. The van der Waals surface area contributed by atoms with Crippen molar-refractivity contribution in [2.24, 2.45) is 0 Å². The Morgan fingerprint density at radius 3 is 2.72 bits per heavy atom. The molecule has 1 aromatic heterocycles. The lowest BCUT2D eigenvalue weighted by atomic mass is 10.3. The molecule has 104 valence electrons. The third kappa shape index (κ3) is 5.04. The number of aryl methyl sites for hydroxylation is 1. The molecular weight excluding hydrogens is 268 g/mol. The number of nitrogens with one attached hydrogen (secondary N) is 1. The highest BCUT2D eigenvalue weighted by atomic mass is 32.2. The van der Waals surface area contributed by atoms with Crippen LogP contribution in [0.3, 0.4) is 0 Å². The summed E-state index contributed by atoms with van der Waals surface area (Å²) in [5.74, 6) is 0.496. The van der Waals surface area contributed by atoms with Crippen molar-refractivity contribution in [1.29, 1.82) is 0 Å². The summed E-state index contributed by atoms with van der Waals surface area (Å²) in [4.78, 5) is 5.65. The van der Waals surface area contributed by atoms with E-state index in [9.17, 15) is 8.42 Å². The van der Waals surface area contributed by atoms with Crippen molar-refractivity contribution in [3.05, 3.63) is 16.1 Å². The van der Waals surface area contributed by atoms with Gasteiger partial charge in [-0.25, -0.2) is 13.4 Å². The van der Waals surface area contributed by atoms with Crippen LogP contribution in [-0.4, -0.2) is 31.5 Å². The molecule has 0 saturated heterocycles. The maximum atomic E-state index is 11.3. The van der Waals surface area contributed by atoms with E-state index in [1.54, 1.807) is 18.3 Å². The Hall–Kier alpha value is -0.460. The first-order chi connectivity index (χ1) is 8.48. The van der Waals surface area contributed by atoms with E-state index in [-0.39, 0.29) is 17.5 Å². The van der Waals surface area contributed by atoms with Gasteiger partial charge in [-0.05, 0) is 26.3 Å². The summed E-state index contributed by atoms with van der Waals surface area (Å²) in [5, 5.41) is 4.39. The van der Waals surface area contributed by atoms with Crippen LogP contribution in [0.1, 0.15) is 43.1 Å². The highest BCUT2D eigenvalue weighted by Crippen LogP contribution is 2.19. The molecule has 0 aliphatic carbocycles. The lowest BCUT2D eigenvalue weighted by Crippen LogP contribution is -2.22. The zero-order valence-corrected chi connectivity index (χ0v) is 12.9. The third-order valence-electron chi connectivity index (χ3n) is 2.81. The molecule has 1 unspecified atom stereocenters. The number of rotatable bonds is 8. The van der Waals surface area contributed by atoms with Gasteiger partial charge in [-0.15, -0.1) is 11.3 Å². The van der Waals surface area contributed by atoms with E-state index >= 15 is 0 Å². The lowest BCUT2D eigenvalue weighted by Gasteiger charge is -2.10. The molecule has 1 heterocycles. The molecule has 18 heavy (non-hydrogen) atoms. The topological polar surface area (TPSA) is 59.1 Å². The van der Waals surface area contributed by atoms with Gasteiger partial charge in [-0.2, -0.15) is 0 Å². The van der Waals surface area contributed by atoms with Crippen molar-refractivity contribution >= 4 is 21.2 Å². The first-order valence-electron chi connectivity index (χ1n) is 6.37. The van der Waals surface area contributed by atoms with Gasteiger partial charge in [0, 0.05) is 16.8 Å². The van der Waals surface area contributed by atoms with Crippen LogP contribution in [0.2, 0.25) is 0 Å². The van der Waals surface area contributed by atoms with E-state index in [1.807, 2.05) is 6.20 Å². The number of sulfone groups is 1. The Labute approximate surface area is 114 Å². The molecule has 0 fully saturated rings. The van der Waals surface area contributed by atoms with Crippen LogP contribution >= 0.6 is 11.3 Å². The molecule has 1 rings (SSSR count). The molecule has 0 amide bonds. The number of nitrogens with zero attached hydrogens (tertiary/aromatic N) is 1. The zero-order valence-electron chi connectivity index (χ0n) is 11.3. The fraction of sp³-hybridized carbons (Fsp3) is 0.750. The highest BCUT2D eigenvalue weighted by Gasteiger charge is 2.10. The number of aromatic nitrogens is 1. The van der Waals surface area contributed by atoms with Crippen molar-refractivity contribution in [3.8, 4) is 0 Å². The number of hydrogen-bond donors (Lipinski definition) is 1. The molecule has 6 heteroatoms. The monoisotopic (exact) mass is 290 g/mol. The summed E-state index contributed by atoms with van der Waals surface area (Å²) in [6.07, 6.45) is 3.59. The molecule has 1 aromatic rings. The summed E-state index contributed by atoms with van der Waals surface area (Å²) >= 11 is 1.72. The normalized spacial score (nSPS) is 13.7. The molecule has 1 N–H and O–H groups in total. The number of thiazole rings is 1. The molecule has 0 saturated carbocycles. The Balaban J connectivity index is 2.31. The van der Waals surface area contributed by atoms with Gasteiger partial charge in [-0.1, -0.05) is 13.8 Å². The van der Waals surface area contributed by atoms with Crippen LogP contribution < -0.4 is 5.32 Å². The summed E-state index contributed by atoms with van der Waals surface area (Å²) < 4.78 is 22.6. The Morgan fingerprint density at radius 1 is 1.44 bits per heavy atom. The largest absolute Gasteiger partial charge is 0.308 e. The summed E-state index contributed by atoms with van der Waals surface area (Å²) in [5.41, 5.74) is 0. The molecule has 0 bridgehead atoms. The minimum absolute atomic E-state index is 0.194. The van der Waals surface area contributed by atoms with E-state index in [0.717, 1.165) is 11.4 Å². The second-order valence-corrected chi connectivity index (χ2v) is 7.90. The first kappa shape index (κ1) is 15.6. The van der Waals surface area contributed by atoms with Crippen LogP contribution in [0.25, 0.3) is 0 Å². The van der Waals surface area contributed by atoms with Crippen molar-refractivity contribution in [2.45, 2.75) is 39.7 Å². The van der Waals surface area contributed by atoms with Crippen LogP contribution in [0.15, 0.2) is 6.20 Å². The van der Waals surface area contributed by atoms with Crippen LogP contribution in [-0.2, 0) is 16.3 Å².